The van der Waals surface area contributed by atoms with Gasteiger partial charge in [0.05, 0.1) is 25.7 Å². The summed E-state index contributed by atoms with van der Waals surface area (Å²) >= 11 is 0. The van der Waals surface area contributed by atoms with Crippen molar-refractivity contribution in [2.24, 2.45) is 7.05 Å². The molecule has 0 saturated carbocycles. The molecule has 20 heavy (non-hydrogen) atoms. The van der Waals surface area contributed by atoms with Crippen LogP contribution in [-0.4, -0.2) is 36.7 Å². The number of fused-ring (bicyclic) bond motifs is 1. The van der Waals surface area contributed by atoms with Crippen LogP contribution < -0.4 is 10.2 Å². The Morgan fingerprint density at radius 1 is 1.30 bits per heavy atom. The molecule has 2 aromatic rings. The molecule has 0 radical (unpaired) electrons. The minimum Gasteiger partial charge on any atom is -0.350 e. The van der Waals surface area contributed by atoms with Crippen molar-refractivity contribution >= 4 is 16.8 Å². The van der Waals surface area contributed by atoms with E-state index in [0.29, 0.717) is 6.04 Å². The fraction of sp³-hybridized carbons (Fsp3) is 0.438. The molecule has 106 valence electrons. The molecular formula is C16H22N3O+. The first kappa shape index (κ1) is 13.2. The van der Waals surface area contributed by atoms with E-state index in [4.69, 9.17) is 0 Å². The van der Waals surface area contributed by atoms with Gasteiger partial charge in [-0.1, -0.05) is 18.2 Å². The Hall–Kier alpha value is -1.81. The number of hydrogen-bond donors (Lipinski definition) is 2. The van der Waals surface area contributed by atoms with E-state index in [2.05, 4.69) is 12.4 Å². The van der Waals surface area contributed by atoms with E-state index in [9.17, 15) is 4.79 Å². The van der Waals surface area contributed by atoms with Gasteiger partial charge in [0.1, 0.15) is 0 Å². The number of amides is 1. The maximum absolute atomic E-state index is 12.5. The van der Waals surface area contributed by atoms with Crippen molar-refractivity contribution in [3.8, 4) is 0 Å². The van der Waals surface area contributed by atoms with Crippen LogP contribution in [0.25, 0.3) is 10.9 Å². The van der Waals surface area contributed by atoms with Gasteiger partial charge in [-0.05, 0) is 6.07 Å². The lowest BCUT2D eigenvalue weighted by atomic mass is 10.0. The zero-order valence-electron chi connectivity index (χ0n) is 12.1. The van der Waals surface area contributed by atoms with Gasteiger partial charge in [0.15, 0.2) is 0 Å². The predicted octanol–water partition coefficient (Wildman–Crippen LogP) is 0.585. The molecule has 4 nitrogen and oxygen atoms in total. The summed E-state index contributed by atoms with van der Waals surface area (Å²) in [4.78, 5) is 14.0. The highest BCUT2D eigenvalue weighted by molar-refractivity contribution is 6.07. The van der Waals surface area contributed by atoms with Crippen LogP contribution >= 0.6 is 0 Å². The van der Waals surface area contributed by atoms with Crippen LogP contribution in [0.4, 0.5) is 0 Å². The highest BCUT2D eigenvalue weighted by Crippen LogP contribution is 2.20. The van der Waals surface area contributed by atoms with Crippen molar-refractivity contribution in [3.05, 3.63) is 36.0 Å². The molecule has 1 saturated heterocycles. The van der Waals surface area contributed by atoms with Gasteiger partial charge in [-0.2, -0.15) is 0 Å². The molecule has 3 rings (SSSR count). The molecule has 2 N–H and O–H groups in total. The van der Waals surface area contributed by atoms with E-state index in [1.54, 1.807) is 4.90 Å². The number of hydrogen-bond acceptors (Lipinski definition) is 1. The van der Waals surface area contributed by atoms with Crippen molar-refractivity contribution in [1.82, 2.24) is 9.88 Å². The number of aromatic nitrogens is 1. The highest BCUT2D eigenvalue weighted by Gasteiger charge is 2.22. The van der Waals surface area contributed by atoms with Gasteiger partial charge < -0.3 is 14.8 Å². The maximum Gasteiger partial charge on any atom is 0.253 e. The molecule has 0 aliphatic carbocycles. The number of para-hydroxylation sites is 1. The Labute approximate surface area is 119 Å². The van der Waals surface area contributed by atoms with E-state index in [1.165, 1.54) is 0 Å². The van der Waals surface area contributed by atoms with Gasteiger partial charge in [-0.25, -0.2) is 0 Å². The summed E-state index contributed by atoms with van der Waals surface area (Å²) in [7, 11) is 4.20. The number of nitrogens with one attached hydrogen (secondary N) is 2. The summed E-state index contributed by atoms with van der Waals surface area (Å²) in [6, 6.07) is 8.38. The van der Waals surface area contributed by atoms with E-state index < -0.39 is 0 Å². The molecule has 0 bridgehead atoms. The third-order valence-corrected chi connectivity index (χ3v) is 4.32. The zero-order valence-corrected chi connectivity index (χ0v) is 12.1. The molecular weight excluding hydrogens is 250 g/mol. The summed E-state index contributed by atoms with van der Waals surface area (Å²) in [5.41, 5.74) is 1.89. The van der Waals surface area contributed by atoms with Gasteiger partial charge in [0.2, 0.25) is 0 Å². The zero-order chi connectivity index (χ0) is 14.1. The lowest BCUT2D eigenvalue weighted by molar-refractivity contribution is -0.884. The average molecular weight is 272 g/mol. The SMILES string of the molecule is Cn1cc(C(=O)NC2CC[NH+](C)CC2)c2ccccc21. The number of likely N-dealkylation sites (tertiary alicyclic amines) is 1. The fourth-order valence-corrected chi connectivity index (χ4v) is 3.04. The number of rotatable bonds is 2. The molecule has 1 aliphatic rings. The van der Waals surface area contributed by atoms with Crippen LogP contribution in [0.5, 0.6) is 0 Å². The Bertz CT molecular complexity index is 624. The van der Waals surface area contributed by atoms with Crippen molar-refractivity contribution in [3.63, 3.8) is 0 Å². The van der Waals surface area contributed by atoms with E-state index >= 15 is 0 Å². The first-order chi connectivity index (χ1) is 9.65. The minimum absolute atomic E-state index is 0.0614. The van der Waals surface area contributed by atoms with Crippen LogP contribution in [0.1, 0.15) is 23.2 Å². The highest BCUT2D eigenvalue weighted by atomic mass is 16.1. The van der Waals surface area contributed by atoms with Gasteiger partial charge >= 0.3 is 0 Å². The smallest absolute Gasteiger partial charge is 0.253 e. The largest absolute Gasteiger partial charge is 0.350 e. The van der Waals surface area contributed by atoms with Crippen molar-refractivity contribution in [1.29, 1.82) is 0 Å². The second-order valence-electron chi connectivity index (χ2n) is 5.88. The molecule has 4 heteroatoms. The number of benzene rings is 1. The number of quaternary nitrogens is 1. The summed E-state index contributed by atoms with van der Waals surface area (Å²) in [5.74, 6) is 0.0614. The number of piperidine rings is 1. The summed E-state index contributed by atoms with van der Waals surface area (Å²) in [6.45, 7) is 2.28. The molecule has 2 heterocycles. The topological polar surface area (TPSA) is 38.5 Å². The first-order valence-corrected chi connectivity index (χ1v) is 7.31. The normalized spacial score (nSPS) is 22.9. The van der Waals surface area contributed by atoms with E-state index in [-0.39, 0.29) is 5.91 Å². The molecule has 0 unspecified atom stereocenters. The number of nitrogens with zero attached hydrogens (tertiary/aromatic N) is 1. The van der Waals surface area contributed by atoms with Crippen molar-refractivity contribution < 1.29 is 9.69 Å². The standard InChI is InChI=1S/C16H21N3O/c1-18-9-7-12(8-10-18)17-16(20)14-11-19(2)15-6-4-3-5-13(14)15/h3-6,11-12H,7-10H2,1-2H3,(H,17,20)/p+1. The van der Waals surface area contributed by atoms with Crippen LogP contribution in [0.2, 0.25) is 0 Å². The van der Waals surface area contributed by atoms with E-state index in [0.717, 1.165) is 42.4 Å². The molecule has 0 spiro atoms. The van der Waals surface area contributed by atoms with Crippen LogP contribution in [0.3, 0.4) is 0 Å². The predicted molar refractivity (Wildman–Crippen MR) is 80.0 cm³/mol. The Morgan fingerprint density at radius 3 is 2.75 bits per heavy atom. The maximum atomic E-state index is 12.5. The molecule has 1 amide bonds. The lowest BCUT2D eigenvalue weighted by Crippen LogP contribution is -3.10. The molecule has 1 aromatic carbocycles. The van der Waals surface area contributed by atoms with Gasteiger partial charge in [0.25, 0.3) is 5.91 Å². The molecule has 0 atom stereocenters. The van der Waals surface area contributed by atoms with Gasteiger partial charge in [-0.3, -0.25) is 4.79 Å². The average Bonchev–Trinajstić information content (AvgIpc) is 2.79. The Kier molecular flexibility index (Phi) is 3.49. The first-order valence-electron chi connectivity index (χ1n) is 7.31. The molecule has 1 aromatic heterocycles. The van der Waals surface area contributed by atoms with Crippen molar-refractivity contribution in [2.45, 2.75) is 18.9 Å². The van der Waals surface area contributed by atoms with Crippen molar-refractivity contribution in [2.75, 3.05) is 20.1 Å². The second kappa shape index (κ2) is 5.29. The second-order valence-corrected chi connectivity index (χ2v) is 5.88. The number of carbonyl (C=O) groups excluding carboxylic acids is 1. The Balaban J connectivity index is 1.79. The Morgan fingerprint density at radius 2 is 2.00 bits per heavy atom. The fourth-order valence-electron chi connectivity index (χ4n) is 3.04. The third kappa shape index (κ3) is 2.43. The lowest BCUT2D eigenvalue weighted by Gasteiger charge is -2.27. The number of aryl methyl sites for hydroxylation is 1. The third-order valence-electron chi connectivity index (χ3n) is 4.32. The quantitative estimate of drug-likeness (QED) is 0.825. The van der Waals surface area contributed by atoms with Gasteiger partial charge in [-0.15, -0.1) is 0 Å². The van der Waals surface area contributed by atoms with Gasteiger partial charge in [0, 0.05) is 43.0 Å². The molecule has 1 fully saturated rings. The van der Waals surface area contributed by atoms with E-state index in [1.807, 2.05) is 42.1 Å². The molecule has 1 aliphatic heterocycles. The monoisotopic (exact) mass is 272 g/mol. The van der Waals surface area contributed by atoms with Crippen LogP contribution in [-0.2, 0) is 7.05 Å². The van der Waals surface area contributed by atoms with Crippen LogP contribution in [0.15, 0.2) is 30.5 Å². The summed E-state index contributed by atoms with van der Waals surface area (Å²) < 4.78 is 2.02. The summed E-state index contributed by atoms with van der Waals surface area (Å²) in [5, 5.41) is 4.23. The summed E-state index contributed by atoms with van der Waals surface area (Å²) in [6.07, 6.45) is 4.07. The number of carbonyl (C=O) groups is 1. The minimum atomic E-state index is 0.0614. The van der Waals surface area contributed by atoms with Crippen LogP contribution in [0, 0.1) is 0 Å².